The Morgan fingerprint density at radius 1 is 1.14 bits per heavy atom. The summed E-state index contributed by atoms with van der Waals surface area (Å²) in [7, 11) is 0. The number of benzene rings is 1. The Labute approximate surface area is 128 Å². The normalized spacial score (nSPS) is 11.0. The summed E-state index contributed by atoms with van der Waals surface area (Å²) in [6, 6.07) is 9.87. The minimum absolute atomic E-state index is 0.626. The van der Waals surface area contributed by atoms with Crippen LogP contribution in [0.15, 0.2) is 30.3 Å². The number of hydrogen-bond donors (Lipinski definition) is 1. The van der Waals surface area contributed by atoms with E-state index in [-0.39, 0.29) is 0 Å². The lowest BCUT2D eigenvalue weighted by molar-refractivity contribution is 0.892. The van der Waals surface area contributed by atoms with Crippen LogP contribution in [0.4, 0.5) is 5.82 Å². The molecule has 0 radical (unpaired) electrons. The molecule has 3 aromatic rings. The average Bonchev–Trinajstić information content (AvgIpc) is 2.81. The molecule has 0 bridgehead atoms. The third kappa shape index (κ3) is 3.13. The zero-order chi connectivity index (χ0) is 14.8. The fourth-order valence-electron chi connectivity index (χ4n) is 2.20. The molecule has 3 rings (SSSR count). The van der Waals surface area contributed by atoms with Gasteiger partial charge in [-0.1, -0.05) is 23.7 Å². The molecule has 6 heteroatoms. The van der Waals surface area contributed by atoms with E-state index >= 15 is 0 Å². The summed E-state index contributed by atoms with van der Waals surface area (Å²) in [5, 5.41) is 8.51. The molecule has 0 aliphatic rings. The monoisotopic (exact) mass is 301 g/mol. The molecular weight excluding hydrogens is 286 g/mol. The molecule has 0 fully saturated rings. The number of rotatable bonds is 4. The Hall–Kier alpha value is -2.14. The van der Waals surface area contributed by atoms with Crippen LogP contribution < -0.4 is 5.32 Å². The van der Waals surface area contributed by atoms with Gasteiger partial charge in [-0.2, -0.15) is 9.50 Å². The van der Waals surface area contributed by atoms with Crippen LogP contribution in [0.2, 0.25) is 5.02 Å². The molecule has 2 heterocycles. The number of fused-ring (bicyclic) bond motifs is 1. The van der Waals surface area contributed by atoms with E-state index in [0.29, 0.717) is 11.6 Å². The van der Waals surface area contributed by atoms with Crippen LogP contribution >= 0.6 is 11.6 Å². The van der Waals surface area contributed by atoms with Crippen molar-refractivity contribution in [1.29, 1.82) is 0 Å². The zero-order valence-corrected chi connectivity index (χ0v) is 12.7. The molecule has 1 N–H and O–H groups in total. The van der Waals surface area contributed by atoms with Crippen molar-refractivity contribution in [2.24, 2.45) is 0 Å². The van der Waals surface area contributed by atoms with Crippen LogP contribution in [-0.4, -0.2) is 26.1 Å². The van der Waals surface area contributed by atoms with Crippen molar-refractivity contribution in [2.75, 3.05) is 11.9 Å². The highest BCUT2D eigenvalue weighted by Gasteiger charge is 2.07. The Kier molecular flexibility index (Phi) is 3.75. The van der Waals surface area contributed by atoms with Crippen molar-refractivity contribution in [3.8, 4) is 0 Å². The van der Waals surface area contributed by atoms with E-state index in [1.165, 1.54) is 5.56 Å². The van der Waals surface area contributed by atoms with E-state index in [9.17, 15) is 0 Å². The fraction of sp³-hybridized carbons (Fsp3) is 0.267. The summed E-state index contributed by atoms with van der Waals surface area (Å²) >= 11 is 5.89. The van der Waals surface area contributed by atoms with Gasteiger partial charge in [0.2, 0.25) is 0 Å². The first-order valence-electron chi connectivity index (χ1n) is 6.81. The molecule has 0 unspecified atom stereocenters. The van der Waals surface area contributed by atoms with Gasteiger partial charge in [-0.3, -0.25) is 0 Å². The highest BCUT2D eigenvalue weighted by atomic mass is 35.5. The predicted octanol–water partition coefficient (Wildman–Crippen LogP) is 3.05. The maximum absolute atomic E-state index is 5.89. The Morgan fingerprint density at radius 2 is 1.90 bits per heavy atom. The maximum atomic E-state index is 5.89. The number of aromatic nitrogens is 4. The minimum atomic E-state index is 0.626. The summed E-state index contributed by atoms with van der Waals surface area (Å²) in [6.07, 6.45) is 0.910. The molecule has 0 spiro atoms. The number of halogens is 1. The summed E-state index contributed by atoms with van der Waals surface area (Å²) < 4.78 is 1.74. The zero-order valence-electron chi connectivity index (χ0n) is 12.0. The van der Waals surface area contributed by atoms with E-state index < -0.39 is 0 Å². The molecule has 0 saturated heterocycles. The van der Waals surface area contributed by atoms with Crippen molar-refractivity contribution in [3.63, 3.8) is 0 Å². The third-order valence-electron chi connectivity index (χ3n) is 3.18. The third-order valence-corrected chi connectivity index (χ3v) is 3.43. The first kappa shape index (κ1) is 13.8. The first-order chi connectivity index (χ1) is 10.1. The van der Waals surface area contributed by atoms with Crippen LogP contribution in [0.5, 0.6) is 0 Å². The predicted molar refractivity (Wildman–Crippen MR) is 83.9 cm³/mol. The molecule has 108 valence electrons. The molecule has 0 saturated carbocycles. The maximum Gasteiger partial charge on any atom is 0.254 e. The molecule has 5 nitrogen and oxygen atoms in total. The van der Waals surface area contributed by atoms with Crippen LogP contribution in [0.25, 0.3) is 5.78 Å². The van der Waals surface area contributed by atoms with E-state index in [2.05, 4.69) is 20.4 Å². The summed E-state index contributed by atoms with van der Waals surface area (Å²) in [4.78, 5) is 8.66. The molecule has 0 aliphatic heterocycles. The van der Waals surface area contributed by atoms with Crippen molar-refractivity contribution in [3.05, 3.63) is 52.4 Å². The van der Waals surface area contributed by atoms with Gasteiger partial charge in [0.15, 0.2) is 0 Å². The average molecular weight is 302 g/mol. The number of hydrogen-bond acceptors (Lipinski definition) is 4. The smallest absolute Gasteiger partial charge is 0.254 e. The standard InChI is InChI=1S/C15H16ClN5/c1-10-9-14(21-15(18-10)19-11(2)20-21)17-8-7-12-3-5-13(16)6-4-12/h3-6,9,17H,7-8H2,1-2H3. The molecule has 2 aromatic heterocycles. The SMILES string of the molecule is Cc1cc(NCCc2ccc(Cl)cc2)n2nc(C)nc2n1. The first-order valence-corrected chi connectivity index (χ1v) is 7.19. The van der Waals surface area contributed by atoms with E-state index in [1.807, 2.05) is 44.2 Å². The van der Waals surface area contributed by atoms with E-state index in [0.717, 1.165) is 29.5 Å². The quantitative estimate of drug-likeness (QED) is 0.805. The molecular formula is C15H16ClN5. The van der Waals surface area contributed by atoms with Crippen LogP contribution in [-0.2, 0) is 6.42 Å². The molecule has 21 heavy (non-hydrogen) atoms. The van der Waals surface area contributed by atoms with E-state index in [4.69, 9.17) is 11.6 Å². The topological polar surface area (TPSA) is 55.1 Å². The van der Waals surface area contributed by atoms with Crippen molar-refractivity contribution >= 4 is 23.2 Å². The van der Waals surface area contributed by atoms with Crippen molar-refractivity contribution in [2.45, 2.75) is 20.3 Å². The van der Waals surface area contributed by atoms with Gasteiger partial charge < -0.3 is 5.32 Å². The lowest BCUT2D eigenvalue weighted by Crippen LogP contribution is -2.10. The summed E-state index contributed by atoms with van der Waals surface area (Å²) in [5.41, 5.74) is 2.16. The minimum Gasteiger partial charge on any atom is -0.370 e. The highest BCUT2D eigenvalue weighted by molar-refractivity contribution is 6.30. The van der Waals surface area contributed by atoms with Crippen LogP contribution in [0.3, 0.4) is 0 Å². The highest BCUT2D eigenvalue weighted by Crippen LogP contribution is 2.13. The second kappa shape index (κ2) is 5.69. The van der Waals surface area contributed by atoms with Crippen LogP contribution in [0, 0.1) is 13.8 Å². The molecule has 0 atom stereocenters. The number of nitrogens with zero attached hydrogens (tertiary/aromatic N) is 4. The molecule has 1 aromatic carbocycles. The van der Waals surface area contributed by atoms with Gasteiger partial charge in [0.1, 0.15) is 11.6 Å². The molecule has 0 aliphatic carbocycles. The van der Waals surface area contributed by atoms with Gasteiger partial charge >= 0.3 is 0 Å². The van der Waals surface area contributed by atoms with Gasteiger partial charge in [0, 0.05) is 23.3 Å². The Balaban J connectivity index is 1.74. The van der Waals surface area contributed by atoms with E-state index in [1.54, 1.807) is 4.52 Å². The Bertz CT molecular complexity index is 764. The van der Waals surface area contributed by atoms with Crippen molar-refractivity contribution in [1.82, 2.24) is 19.6 Å². The number of nitrogens with one attached hydrogen (secondary N) is 1. The number of anilines is 1. The Morgan fingerprint density at radius 3 is 2.67 bits per heavy atom. The fourth-order valence-corrected chi connectivity index (χ4v) is 2.32. The second-order valence-electron chi connectivity index (χ2n) is 4.96. The van der Waals surface area contributed by atoms with Gasteiger partial charge in [-0.05, 0) is 38.0 Å². The molecule has 0 amide bonds. The van der Waals surface area contributed by atoms with Gasteiger partial charge in [0.05, 0.1) is 0 Å². The van der Waals surface area contributed by atoms with Gasteiger partial charge in [-0.15, -0.1) is 5.10 Å². The lowest BCUT2D eigenvalue weighted by Gasteiger charge is -2.08. The summed E-state index contributed by atoms with van der Waals surface area (Å²) in [5.74, 6) is 2.25. The van der Waals surface area contributed by atoms with Gasteiger partial charge in [-0.25, -0.2) is 4.98 Å². The van der Waals surface area contributed by atoms with Gasteiger partial charge in [0.25, 0.3) is 5.78 Å². The summed E-state index contributed by atoms with van der Waals surface area (Å²) in [6.45, 7) is 4.62. The van der Waals surface area contributed by atoms with Crippen LogP contribution in [0.1, 0.15) is 17.1 Å². The largest absolute Gasteiger partial charge is 0.370 e. The number of aryl methyl sites for hydroxylation is 2. The second-order valence-corrected chi connectivity index (χ2v) is 5.39. The lowest BCUT2D eigenvalue weighted by atomic mass is 10.1. The van der Waals surface area contributed by atoms with Crippen molar-refractivity contribution < 1.29 is 0 Å².